The van der Waals surface area contributed by atoms with Crippen molar-refractivity contribution in [1.29, 1.82) is 0 Å². The van der Waals surface area contributed by atoms with Gasteiger partial charge in [0, 0.05) is 18.1 Å². The van der Waals surface area contributed by atoms with Crippen molar-refractivity contribution < 1.29 is 4.74 Å². The van der Waals surface area contributed by atoms with Gasteiger partial charge in [0.15, 0.2) is 0 Å². The van der Waals surface area contributed by atoms with Crippen molar-refractivity contribution >= 4 is 16.6 Å². The van der Waals surface area contributed by atoms with E-state index in [1.165, 1.54) is 19.3 Å². The Balaban J connectivity index is 1.99. The molecule has 1 aliphatic rings. The number of benzene rings is 1. The predicted octanol–water partition coefficient (Wildman–Crippen LogP) is 3.32. The lowest BCUT2D eigenvalue weighted by atomic mass is 9.81. The average Bonchev–Trinajstić information content (AvgIpc) is 2.55. The number of ether oxygens (including phenoxy) is 1. The topological polar surface area (TPSA) is 60.2 Å². The summed E-state index contributed by atoms with van der Waals surface area (Å²) in [5.41, 5.74) is 6.06. The van der Waals surface area contributed by atoms with Crippen LogP contribution in [0, 0.1) is 0 Å². The number of nitrogens with zero attached hydrogens (tertiary/aromatic N) is 1. The molecule has 1 aliphatic carbocycles. The van der Waals surface area contributed by atoms with Gasteiger partial charge in [0.2, 0.25) is 0 Å². The predicted molar refractivity (Wildman–Crippen MR) is 86.8 cm³/mol. The molecular weight excluding hydrogens is 262 g/mol. The number of aromatic nitrogens is 1. The fraction of sp³-hybridized carbons (Fsp3) is 0.471. The first-order valence-electron chi connectivity index (χ1n) is 7.67. The summed E-state index contributed by atoms with van der Waals surface area (Å²) in [7, 11) is 1.69. The molecule has 3 N–H and O–H groups in total. The van der Waals surface area contributed by atoms with Gasteiger partial charge in [0.25, 0.3) is 0 Å². The van der Waals surface area contributed by atoms with E-state index in [4.69, 9.17) is 10.5 Å². The highest BCUT2D eigenvalue weighted by Crippen LogP contribution is 2.33. The molecule has 1 fully saturated rings. The summed E-state index contributed by atoms with van der Waals surface area (Å²) in [4.78, 5) is 4.55. The number of nitrogens with one attached hydrogen (secondary N) is 1. The van der Waals surface area contributed by atoms with Crippen LogP contribution < -0.4 is 15.8 Å². The summed E-state index contributed by atoms with van der Waals surface area (Å²) in [5, 5.41) is 5.90. The number of rotatable bonds is 4. The number of nitrogens with two attached hydrogens (primary N) is 1. The van der Waals surface area contributed by atoms with Crippen LogP contribution in [0.25, 0.3) is 10.8 Å². The normalized spacial score (nSPS) is 17.6. The zero-order chi connectivity index (χ0) is 14.7. The van der Waals surface area contributed by atoms with Gasteiger partial charge >= 0.3 is 0 Å². The highest BCUT2D eigenvalue weighted by Gasteiger charge is 2.31. The SMILES string of the molecule is COc1ccc2ccnc(NC3(CN)CCCCC3)c2c1. The minimum atomic E-state index is -0.0113. The van der Waals surface area contributed by atoms with Crippen LogP contribution in [0.3, 0.4) is 0 Å². The van der Waals surface area contributed by atoms with Gasteiger partial charge in [0.1, 0.15) is 11.6 Å². The number of methoxy groups -OCH3 is 1. The molecule has 0 aliphatic heterocycles. The third-order valence-electron chi connectivity index (χ3n) is 4.56. The Morgan fingerprint density at radius 3 is 2.76 bits per heavy atom. The minimum absolute atomic E-state index is 0.0113. The van der Waals surface area contributed by atoms with Crippen LogP contribution in [0.4, 0.5) is 5.82 Å². The molecule has 4 nitrogen and oxygen atoms in total. The molecule has 1 heterocycles. The van der Waals surface area contributed by atoms with E-state index in [1.807, 2.05) is 24.4 Å². The molecule has 1 aromatic carbocycles. The smallest absolute Gasteiger partial charge is 0.134 e. The molecule has 1 saturated carbocycles. The summed E-state index contributed by atoms with van der Waals surface area (Å²) in [6.45, 7) is 0.648. The van der Waals surface area contributed by atoms with E-state index in [9.17, 15) is 0 Å². The summed E-state index contributed by atoms with van der Waals surface area (Å²) in [6.07, 6.45) is 7.86. The van der Waals surface area contributed by atoms with E-state index < -0.39 is 0 Å². The number of hydrogen-bond donors (Lipinski definition) is 2. The molecule has 0 radical (unpaired) electrons. The fourth-order valence-electron chi connectivity index (χ4n) is 3.23. The van der Waals surface area contributed by atoms with Gasteiger partial charge in [-0.1, -0.05) is 25.3 Å². The third kappa shape index (κ3) is 2.81. The molecule has 0 bridgehead atoms. The fourth-order valence-corrected chi connectivity index (χ4v) is 3.23. The van der Waals surface area contributed by atoms with Crippen molar-refractivity contribution in [3.05, 3.63) is 30.5 Å². The molecule has 0 saturated heterocycles. The third-order valence-corrected chi connectivity index (χ3v) is 4.56. The number of fused-ring (bicyclic) bond motifs is 1. The van der Waals surface area contributed by atoms with Gasteiger partial charge in [-0.25, -0.2) is 4.98 Å². The van der Waals surface area contributed by atoms with Crippen LogP contribution >= 0.6 is 0 Å². The van der Waals surface area contributed by atoms with Gasteiger partial charge in [-0.2, -0.15) is 0 Å². The molecule has 0 amide bonds. The first-order chi connectivity index (χ1) is 10.3. The van der Waals surface area contributed by atoms with Crippen LogP contribution in [0.15, 0.2) is 30.5 Å². The lowest BCUT2D eigenvalue weighted by Gasteiger charge is -2.37. The van der Waals surface area contributed by atoms with Gasteiger partial charge in [-0.3, -0.25) is 0 Å². The Kier molecular flexibility index (Phi) is 3.97. The van der Waals surface area contributed by atoms with Crippen LogP contribution in [-0.2, 0) is 0 Å². The number of anilines is 1. The largest absolute Gasteiger partial charge is 0.497 e. The van der Waals surface area contributed by atoms with E-state index in [-0.39, 0.29) is 5.54 Å². The monoisotopic (exact) mass is 285 g/mol. The molecule has 4 heteroatoms. The molecule has 3 rings (SSSR count). The van der Waals surface area contributed by atoms with Crippen molar-refractivity contribution in [2.75, 3.05) is 19.0 Å². The maximum atomic E-state index is 6.07. The van der Waals surface area contributed by atoms with E-state index in [2.05, 4.69) is 16.4 Å². The van der Waals surface area contributed by atoms with Crippen molar-refractivity contribution in [2.24, 2.45) is 5.73 Å². The quantitative estimate of drug-likeness (QED) is 0.904. The van der Waals surface area contributed by atoms with Crippen LogP contribution in [0.1, 0.15) is 32.1 Å². The van der Waals surface area contributed by atoms with Gasteiger partial charge < -0.3 is 15.8 Å². The van der Waals surface area contributed by atoms with E-state index in [0.717, 1.165) is 35.2 Å². The van der Waals surface area contributed by atoms with Crippen molar-refractivity contribution in [3.63, 3.8) is 0 Å². The highest BCUT2D eigenvalue weighted by atomic mass is 16.5. The Morgan fingerprint density at radius 2 is 2.05 bits per heavy atom. The first kappa shape index (κ1) is 14.1. The standard InChI is InChI=1S/C17H23N3O/c1-21-14-6-5-13-7-10-19-16(15(13)11-14)20-17(12-18)8-3-2-4-9-17/h5-7,10-11H,2-4,8-9,12,18H2,1H3,(H,19,20). The van der Waals surface area contributed by atoms with Crippen LogP contribution in [-0.4, -0.2) is 24.2 Å². The lowest BCUT2D eigenvalue weighted by Crippen LogP contribution is -2.47. The van der Waals surface area contributed by atoms with Crippen molar-refractivity contribution in [1.82, 2.24) is 4.98 Å². The maximum absolute atomic E-state index is 6.07. The van der Waals surface area contributed by atoms with E-state index in [1.54, 1.807) is 7.11 Å². The molecule has 1 aromatic heterocycles. The minimum Gasteiger partial charge on any atom is -0.497 e. The number of hydrogen-bond acceptors (Lipinski definition) is 4. The molecule has 21 heavy (non-hydrogen) atoms. The summed E-state index contributed by atoms with van der Waals surface area (Å²) in [6, 6.07) is 8.11. The van der Waals surface area contributed by atoms with Crippen molar-refractivity contribution in [2.45, 2.75) is 37.6 Å². The maximum Gasteiger partial charge on any atom is 0.134 e. The van der Waals surface area contributed by atoms with E-state index in [0.29, 0.717) is 6.54 Å². The van der Waals surface area contributed by atoms with Crippen LogP contribution in [0.2, 0.25) is 0 Å². The second-order valence-electron chi connectivity index (χ2n) is 5.92. The Morgan fingerprint density at radius 1 is 1.24 bits per heavy atom. The first-order valence-corrected chi connectivity index (χ1v) is 7.67. The second-order valence-corrected chi connectivity index (χ2v) is 5.92. The Bertz CT molecular complexity index is 620. The molecule has 0 spiro atoms. The number of pyridine rings is 1. The summed E-state index contributed by atoms with van der Waals surface area (Å²) < 4.78 is 5.34. The van der Waals surface area contributed by atoms with Gasteiger partial charge in [-0.05, 0) is 36.4 Å². The molecular formula is C17H23N3O. The van der Waals surface area contributed by atoms with E-state index >= 15 is 0 Å². The average molecular weight is 285 g/mol. The molecule has 0 unspecified atom stereocenters. The zero-order valence-corrected chi connectivity index (χ0v) is 12.6. The highest BCUT2D eigenvalue weighted by molar-refractivity contribution is 5.93. The molecule has 0 atom stereocenters. The van der Waals surface area contributed by atoms with Crippen molar-refractivity contribution in [3.8, 4) is 5.75 Å². The zero-order valence-electron chi connectivity index (χ0n) is 12.6. The van der Waals surface area contributed by atoms with Gasteiger partial charge in [0.05, 0.1) is 12.6 Å². The lowest BCUT2D eigenvalue weighted by molar-refractivity contribution is 0.330. The Labute approximate surface area is 125 Å². The Hall–Kier alpha value is -1.81. The molecule has 112 valence electrons. The molecule has 2 aromatic rings. The van der Waals surface area contributed by atoms with Gasteiger partial charge in [-0.15, -0.1) is 0 Å². The summed E-state index contributed by atoms with van der Waals surface area (Å²) in [5.74, 6) is 1.77. The second kappa shape index (κ2) is 5.90. The van der Waals surface area contributed by atoms with Crippen LogP contribution in [0.5, 0.6) is 5.75 Å². The summed E-state index contributed by atoms with van der Waals surface area (Å²) >= 11 is 0.